The summed E-state index contributed by atoms with van der Waals surface area (Å²) in [5.41, 5.74) is 9.85. The third-order valence-corrected chi connectivity index (χ3v) is 5.52. The molecule has 1 aliphatic heterocycles. The van der Waals surface area contributed by atoms with Gasteiger partial charge in [0.15, 0.2) is 0 Å². The first-order valence-corrected chi connectivity index (χ1v) is 9.54. The summed E-state index contributed by atoms with van der Waals surface area (Å²) >= 11 is 1.88. The summed E-state index contributed by atoms with van der Waals surface area (Å²) in [4.78, 5) is 17.2. The maximum atomic E-state index is 12.0. The fraction of sp³-hybridized carbons (Fsp3) is 0.350. The first-order valence-electron chi connectivity index (χ1n) is 8.56. The highest BCUT2D eigenvalue weighted by atomic mass is 32.2. The van der Waals surface area contributed by atoms with E-state index in [0.717, 1.165) is 24.4 Å². The smallest absolute Gasteiger partial charge is 0.223 e. The maximum absolute atomic E-state index is 12.0. The van der Waals surface area contributed by atoms with Crippen LogP contribution in [0.4, 0.5) is 5.69 Å². The average molecular weight is 356 g/mol. The third-order valence-electron chi connectivity index (χ3n) is 4.48. The molecule has 0 aromatic heterocycles. The van der Waals surface area contributed by atoms with E-state index in [4.69, 9.17) is 5.73 Å². The Morgan fingerprint density at radius 1 is 1.24 bits per heavy atom. The number of hydrogen-bond donors (Lipinski definition) is 1. The van der Waals surface area contributed by atoms with Gasteiger partial charge < -0.3 is 15.5 Å². The molecule has 25 heavy (non-hydrogen) atoms. The molecule has 0 aliphatic carbocycles. The summed E-state index contributed by atoms with van der Waals surface area (Å²) in [7, 11) is 3.53. The van der Waals surface area contributed by atoms with Crippen molar-refractivity contribution < 1.29 is 4.79 Å². The largest absolute Gasteiger partial charge is 0.365 e. The SMILES string of the molecule is CN(C)C(=O)CC(N)c1ccc2c(c1)N(Cc1ccccc1)CCS2. The van der Waals surface area contributed by atoms with Crippen LogP contribution in [0, 0.1) is 0 Å². The van der Waals surface area contributed by atoms with E-state index in [9.17, 15) is 4.79 Å². The summed E-state index contributed by atoms with van der Waals surface area (Å²) in [6.07, 6.45) is 0.331. The number of benzene rings is 2. The van der Waals surface area contributed by atoms with Crippen LogP contribution in [0.15, 0.2) is 53.4 Å². The van der Waals surface area contributed by atoms with Gasteiger partial charge in [-0.25, -0.2) is 0 Å². The lowest BCUT2D eigenvalue weighted by molar-refractivity contribution is -0.129. The Morgan fingerprint density at radius 3 is 2.72 bits per heavy atom. The van der Waals surface area contributed by atoms with E-state index in [2.05, 4.69) is 47.4 Å². The van der Waals surface area contributed by atoms with Crippen LogP contribution in [0.3, 0.4) is 0 Å². The Balaban J connectivity index is 1.81. The lowest BCUT2D eigenvalue weighted by Crippen LogP contribution is -2.29. The summed E-state index contributed by atoms with van der Waals surface area (Å²) in [6.45, 7) is 1.91. The van der Waals surface area contributed by atoms with Crippen LogP contribution in [0.2, 0.25) is 0 Å². The maximum Gasteiger partial charge on any atom is 0.223 e. The van der Waals surface area contributed by atoms with Gasteiger partial charge in [0.2, 0.25) is 5.91 Å². The topological polar surface area (TPSA) is 49.6 Å². The minimum atomic E-state index is -0.272. The molecule has 0 saturated carbocycles. The number of carbonyl (C=O) groups is 1. The number of carbonyl (C=O) groups excluding carboxylic acids is 1. The average Bonchev–Trinajstić information content (AvgIpc) is 2.62. The molecule has 4 nitrogen and oxygen atoms in total. The van der Waals surface area contributed by atoms with E-state index in [-0.39, 0.29) is 11.9 Å². The van der Waals surface area contributed by atoms with Crippen LogP contribution in [0.25, 0.3) is 0 Å². The molecule has 2 aromatic rings. The Bertz CT molecular complexity index is 733. The Hall–Kier alpha value is -1.98. The first-order chi connectivity index (χ1) is 12.0. The van der Waals surface area contributed by atoms with Crippen molar-refractivity contribution in [2.75, 3.05) is 31.3 Å². The van der Waals surface area contributed by atoms with Gasteiger partial charge in [0.05, 0.1) is 5.69 Å². The molecule has 1 amide bonds. The third kappa shape index (κ3) is 4.35. The van der Waals surface area contributed by atoms with Gasteiger partial charge >= 0.3 is 0 Å². The van der Waals surface area contributed by atoms with Crippen molar-refractivity contribution in [1.82, 2.24) is 4.90 Å². The molecule has 0 saturated heterocycles. The predicted octanol–water partition coefficient (Wildman–Crippen LogP) is 3.28. The van der Waals surface area contributed by atoms with Gasteiger partial charge in [-0.15, -0.1) is 11.8 Å². The second kappa shape index (κ2) is 7.93. The molecule has 0 fully saturated rings. The number of nitrogens with two attached hydrogens (primary N) is 1. The molecule has 1 aliphatic rings. The van der Waals surface area contributed by atoms with Gasteiger partial charge in [0.1, 0.15) is 0 Å². The van der Waals surface area contributed by atoms with Crippen molar-refractivity contribution in [3.8, 4) is 0 Å². The standard InChI is InChI=1S/C20H25N3OS/c1-22(2)20(24)13-17(21)16-8-9-19-18(12-16)23(10-11-25-19)14-15-6-4-3-5-7-15/h3-9,12,17H,10-11,13-14,21H2,1-2H3. The normalized spacial score (nSPS) is 14.8. The van der Waals surface area contributed by atoms with Gasteiger partial charge in [-0.3, -0.25) is 4.79 Å². The zero-order chi connectivity index (χ0) is 17.8. The van der Waals surface area contributed by atoms with E-state index < -0.39 is 0 Å². The summed E-state index contributed by atoms with van der Waals surface area (Å²) in [5, 5.41) is 0. The van der Waals surface area contributed by atoms with Crippen LogP contribution in [0.1, 0.15) is 23.6 Å². The highest BCUT2D eigenvalue weighted by Gasteiger charge is 2.20. The second-order valence-corrected chi connectivity index (χ2v) is 7.72. The van der Waals surface area contributed by atoms with Gasteiger partial charge in [-0.05, 0) is 23.3 Å². The molecule has 2 aromatic carbocycles. The minimum absolute atomic E-state index is 0.0562. The predicted molar refractivity (Wildman–Crippen MR) is 105 cm³/mol. The minimum Gasteiger partial charge on any atom is -0.365 e. The van der Waals surface area contributed by atoms with Crippen molar-refractivity contribution >= 4 is 23.4 Å². The van der Waals surface area contributed by atoms with Crippen molar-refractivity contribution in [2.24, 2.45) is 5.73 Å². The Labute approximate surface area is 154 Å². The second-order valence-electron chi connectivity index (χ2n) is 6.58. The van der Waals surface area contributed by atoms with Crippen LogP contribution in [-0.2, 0) is 11.3 Å². The molecule has 1 unspecified atom stereocenters. The number of thioether (sulfide) groups is 1. The number of nitrogens with zero attached hydrogens (tertiary/aromatic N) is 2. The Morgan fingerprint density at radius 2 is 2.00 bits per heavy atom. The van der Waals surface area contributed by atoms with Crippen molar-refractivity contribution in [1.29, 1.82) is 0 Å². The molecule has 0 radical (unpaired) electrons. The monoisotopic (exact) mass is 355 g/mol. The van der Waals surface area contributed by atoms with Crippen LogP contribution in [-0.4, -0.2) is 37.2 Å². The number of anilines is 1. The van der Waals surface area contributed by atoms with Crippen LogP contribution in [0.5, 0.6) is 0 Å². The lowest BCUT2D eigenvalue weighted by atomic mass is 10.0. The number of amides is 1. The van der Waals surface area contributed by atoms with Gasteiger partial charge in [0, 0.05) is 50.3 Å². The fourth-order valence-electron chi connectivity index (χ4n) is 2.98. The molecule has 1 heterocycles. The molecule has 0 bridgehead atoms. The van der Waals surface area contributed by atoms with E-state index in [0.29, 0.717) is 6.42 Å². The molecule has 0 spiro atoms. The molecule has 5 heteroatoms. The highest BCUT2D eigenvalue weighted by Crippen LogP contribution is 2.37. The van der Waals surface area contributed by atoms with Gasteiger partial charge in [-0.2, -0.15) is 0 Å². The van der Waals surface area contributed by atoms with Crippen molar-refractivity contribution in [2.45, 2.75) is 23.9 Å². The zero-order valence-corrected chi connectivity index (χ0v) is 15.6. The van der Waals surface area contributed by atoms with Gasteiger partial charge in [-0.1, -0.05) is 36.4 Å². The fourth-order valence-corrected chi connectivity index (χ4v) is 4.01. The highest BCUT2D eigenvalue weighted by molar-refractivity contribution is 7.99. The molecule has 1 atom stereocenters. The first kappa shape index (κ1) is 17.8. The number of rotatable bonds is 5. The molecule has 3 rings (SSSR count). The summed E-state index contributed by atoms with van der Waals surface area (Å²) in [6, 6.07) is 16.6. The van der Waals surface area contributed by atoms with Gasteiger partial charge in [0.25, 0.3) is 0 Å². The van der Waals surface area contributed by atoms with Crippen LogP contribution < -0.4 is 10.6 Å². The summed E-state index contributed by atoms with van der Waals surface area (Å²) in [5.74, 6) is 1.14. The van der Waals surface area contributed by atoms with Crippen molar-refractivity contribution in [3.63, 3.8) is 0 Å². The lowest BCUT2D eigenvalue weighted by Gasteiger charge is -2.32. The van der Waals surface area contributed by atoms with E-state index >= 15 is 0 Å². The zero-order valence-electron chi connectivity index (χ0n) is 14.8. The van der Waals surface area contributed by atoms with E-state index in [1.54, 1.807) is 19.0 Å². The van der Waals surface area contributed by atoms with E-state index in [1.807, 2.05) is 17.8 Å². The summed E-state index contributed by atoms with van der Waals surface area (Å²) < 4.78 is 0. The Kier molecular flexibility index (Phi) is 5.66. The van der Waals surface area contributed by atoms with E-state index in [1.165, 1.54) is 16.1 Å². The quantitative estimate of drug-likeness (QED) is 0.894. The molecular weight excluding hydrogens is 330 g/mol. The molecule has 2 N–H and O–H groups in total. The molecular formula is C20H25N3OS. The number of hydrogen-bond acceptors (Lipinski definition) is 4. The number of fused-ring (bicyclic) bond motifs is 1. The van der Waals surface area contributed by atoms with Crippen LogP contribution >= 0.6 is 11.8 Å². The van der Waals surface area contributed by atoms with Crippen molar-refractivity contribution in [3.05, 3.63) is 59.7 Å². The molecule has 132 valence electrons.